The molecule has 1 aromatic heterocycles. The second-order valence-corrected chi connectivity index (χ2v) is 12.2. The number of carboxylic acids is 1. The van der Waals surface area contributed by atoms with Crippen LogP contribution in [-0.4, -0.2) is 65.1 Å². The summed E-state index contributed by atoms with van der Waals surface area (Å²) in [5, 5.41) is 26.9. The van der Waals surface area contributed by atoms with E-state index in [1.165, 1.54) is 6.07 Å². The van der Waals surface area contributed by atoms with Crippen LogP contribution in [0.15, 0.2) is 89.8 Å². The van der Waals surface area contributed by atoms with E-state index in [9.17, 15) is 33.0 Å². The van der Waals surface area contributed by atoms with Crippen LogP contribution < -0.4 is 10.0 Å². The number of nitrogens with zero attached hydrogens (tertiary/aromatic N) is 2. The molecule has 2 amide bonds. The molecule has 242 valence electrons. The number of aliphatic carboxylic acids is 1. The molecule has 13 heteroatoms. The van der Waals surface area contributed by atoms with Crippen LogP contribution in [-0.2, 0) is 38.9 Å². The van der Waals surface area contributed by atoms with Gasteiger partial charge in [0.2, 0.25) is 0 Å². The summed E-state index contributed by atoms with van der Waals surface area (Å²) in [6.07, 6.45) is -1.36. The lowest BCUT2D eigenvalue weighted by Crippen LogP contribution is -2.48. The van der Waals surface area contributed by atoms with Crippen molar-refractivity contribution in [3.8, 4) is 11.1 Å². The zero-order chi connectivity index (χ0) is 33.3. The number of sulfonamides is 1. The third-order valence-electron chi connectivity index (χ3n) is 7.12. The van der Waals surface area contributed by atoms with E-state index in [1.54, 1.807) is 72.3 Å². The Kier molecular flexibility index (Phi) is 11.3. The van der Waals surface area contributed by atoms with Crippen LogP contribution in [0.3, 0.4) is 0 Å². The van der Waals surface area contributed by atoms with Crippen molar-refractivity contribution in [1.29, 1.82) is 0 Å². The first-order chi connectivity index (χ1) is 22.0. The Morgan fingerprint density at radius 2 is 1.61 bits per heavy atom. The summed E-state index contributed by atoms with van der Waals surface area (Å²) in [6.45, 7) is 3.89. The van der Waals surface area contributed by atoms with E-state index >= 15 is 0 Å². The van der Waals surface area contributed by atoms with Crippen LogP contribution in [0.4, 0.5) is 4.79 Å². The van der Waals surface area contributed by atoms with E-state index in [4.69, 9.17) is 4.74 Å². The summed E-state index contributed by atoms with van der Waals surface area (Å²) in [4.78, 5) is 36.5. The van der Waals surface area contributed by atoms with E-state index in [0.717, 1.165) is 23.2 Å². The van der Waals surface area contributed by atoms with Gasteiger partial charge in [0.25, 0.3) is 15.9 Å². The molecule has 12 nitrogen and oxygen atoms in total. The average molecular weight is 649 g/mol. The molecule has 0 fully saturated rings. The summed E-state index contributed by atoms with van der Waals surface area (Å²) in [6, 6.07) is 23.0. The number of hydrogen-bond acceptors (Lipinski definition) is 8. The molecule has 0 bridgehead atoms. The number of aromatic nitrogens is 2. The Hall–Kier alpha value is -5.01. The lowest BCUT2D eigenvalue weighted by Gasteiger charge is -2.21. The van der Waals surface area contributed by atoms with Gasteiger partial charge in [-0.1, -0.05) is 86.1 Å². The Morgan fingerprint density at radius 1 is 0.935 bits per heavy atom. The topological polar surface area (TPSA) is 177 Å². The van der Waals surface area contributed by atoms with Crippen LogP contribution in [0.1, 0.15) is 47.6 Å². The highest BCUT2D eigenvalue weighted by atomic mass is 32.2. The zero-order valence-corrected chi connectivity index (χ0v) is 26.2. The quantitative estimate of drug-likeness (QED) is 0.159. The molecule has 0 aliphatic rings. The van der Waals surface area contributed by atoms with Crippen LogP contribution in [0, 0.1) is 0 Å². The number of benzene rings is 3. The van der Waals surface area contributed by atoms with Gasteiger partial charge < -0.3 is 20.3 Å². The van der Waals surface area contributed by atoms with Gasteiger partial charge in [0.15, 0.2) is 6.10 Å². The number of hydrogen-bond donors (Lipinski definition) is 4. The Balaban J connectivity index is 1.54. The van der Waals surface area contributed by atoms with Crippen molar-refractivity contribution in [1.82, 2.24) is 19.8 Å². The third kappa shape index (κ3) is 8.58. The number of carbonyl (C=O) groups excluding carboxylic acids is 2. The maximum absolute atomic E-state index is 13.2. The maximum atomic E-state index is 13.2. The van der Waals surface area contributed by atoms with Gasteiger partial charge in [-0.15, -0.1) is 0 Å². The lowest BCUT2D eigenvalue weighted by atomic mass is 10.0. The van der Waals surface area contributed by atoms with Gasteiger partial charge in [-0.3, -0.25) is 9.48 Å². The van der Waals surface area contributed by atoms with Crippen LogP contribution in [0.25, 0.3) is 11.1 Å². The van der Waals surface area contributed by atoms with E-state index < -0.39 is 40.1 Å². The van der Waals surface area contributed by atoms with Gasteiger partial charge in [-0.25, -0.2) is 22.7 Å². The zero-order valence-electron chi connectivity index (χ0n) is 25.4. The fourth-order valence-electron chi connectivity index (χ4n) is 4.91. The number of aliphatic hydroxyl groups excluding tert-OH is 1. The van der Waals surface area contributed by atoms with Crippen molar-refractivity contribution in [2.75, 3.05) is 6.61 Å². The number of aliphatic hydroxyl groups is 1. The molecule has 2 atom stereocenters. The second kappa shape index (κ2) is 15.3. The number of carboxylic acid groups (broad SMARTS) is 1. The minimum atomic E-state index is -4.20. The molecule has 0 saturated carbocycles. The first-order valence-electron chi connectivity index (χ1n) is 14.7. The first kappa shape index (κ1) is 33.9. The number of aryl methyl sites for hydroxylation is 1. The summed E-state index contributed by atoms with van der Waals surface area (Å²) in [7, 11) is -4.20. The molecule has 4 rings (SSSR count). The van der Waals surface area contributed by atoms with Crippen molar-refractivity contribution in [2.45, 2.75) is 56.7 Å². The lowest BCUT2D eigenvalue weighted by molar-refractivity contribution is -0.148. The van der Waals surface area contributed by atoms with Gasteiger partial charge >= 0.3 is 12.1 Å². The molecule has 46 heavy (non-hydrogen) atoms. The molecular formula is C33H36N4O8S. The molecule has 0 aliphatic carbocycles. The van der Waals surface area contributed by atoms with Gasteiger partial charge in [0, 0.05) is 11.3 Å². The molecule has 0 radical (unpaired) electrons. The number of nitrogens with one attached hydrogen (secondary N) is 2. The summed E-state index contributed by atoms with van der Waals surface area (Å²) in [5.41, 5.74) is 3.45. The highest BCUT2D eigenvalue weighted by molar-refractivity contribution is 7.90. The monoisotopic (exact) mass is 648 g/mol. The Labute approximate surface area is 267 Å². The normalized spacial score (nSPS) is 12.6. The van der Waals surface area contributed by atoms with E-state index in [1.807, 2.05) is 29.8 Å². The van der Waals surface area contributed by atoms with Gasteiger partial charge in [-0.05, 0) is 48.6 Å². The number of amides is 2. The smallest absolute Gasteiger partial charge is 0.421 e. The fraction of sp³-hybridized carbons (Fsp3) is 0.273. The van der Waals surface area contributed by atoms with E-state index in [2.05, 4.69) is 10.4 Å². The predicted octanol–water partition coefficient (Wildman–Crippen LogP) is 3.77. The fourth-order valence-corrected chi connectivity index (χ4v) is 6.03. The molecule has 2 unspecified atom stereocenters. The largest absolute Gasteiger partial charge is 0.479 e. The molecule has 0 saturated heterocycles. The van der Waals surface area contributed by atoms with E-state index in [-0.39, 0.29) is 23.6 Å². The number of carbonyl (C=O) groups is 3. The standard InChI is InChI=1S/C33H36N4O8S/c1-3-10-25-20-28(31(39)34-27(30(38)32(40)41)19-22-11-6-5-7-12-22)35-37(25)21-23-15-17-24(18-16-23)26-13-8-9-14-29(26)46(43,44)36-33(42)45-4-2/h5-9,11-18,20,27,30,38H,3-4,10,19,21H2,1-2H3,(H,34,39)(H,36,42)(H,40,41). The highest BCUT2D eigenvalue weighted by Crippen LogP contribution is 2.28. The number of ether oxygens (including phenoxy) is 1. The van der Waals surface area contributed by atoms with Crippen LogP contribution in [0.2, 0.25) is 0 Å². The molecule has 0 spiro atoms. The summed E-state index contributed by atoms with van der Waals surface area (Å²) < 4.78 is 34.1. The van der Waals surface area contributed by atoms with Crippen LogP contribution >= 0.6 is 0 Å². The first-order valence-corrected chi connectivity index (χ1v) is 16.2. The van der Waals surface area contributed by atoms with Gasteiger partial charge in [0.05, 0.1) is 24.1 Å². The molecular weight excluding hydrogens is 612 g/mol. The SMILES string of the molecule is CCCc1cc(C(=O)NC(Cc2ccccc2)C(O)C(=O)O)nn1Cc1ccc(-c2ccccc2S(=O)(=O)NC(=O)OCC)cc1. The Bertz CT molecular complexity index is 1770. The average Bonchev–Trinajstić information content (AvgIpc) is 3.43. The van der Waals surface area contributed by atoms with Crippen molar-refractivity contribution in [2.24, 2.45) is 0 Å². The van der Waals surface area contributed by atoms with Crippen molar-refractivity contribution >= 4 is 28.0 Å². The van der Waals surface area contributed by atoms with Gasteiger partial charge in [0.1, 0.15) is 5.69 Å². The molecule has 4 aromatic rings. The van der Waals surface area contributed by atoms with Crippen molar-refractivity contribution < 1.29 is 37.8 Å². The molecule has 1 heterocycles. The predicted molar refractivity (Wildman–Crippen MR) is 170 cm³/mol. The van der Waals surface area contributed by atoms with Crippen molar-refractivity contribution in [3.63, 3.8) is 0 Å². The summed E-state index contributed by atoms with van der Waals surface area (Å²) >= 11 is 0. The molecule has 0 aliphatic heterocycles. The Morgan fingerprint density at radius 3 is 2.26 bits per heavy atom. The minimum Gasteiger partial charge on any atom is -0.479 e. The molecule has 3 aromatic carbocycles. The minimum absolute atomic E-state index is 0.0233. The third-order valence-corrected chi connectivity index (χ3v) is 8.49. The van der Waals surface area contributed by atoms with Crippen molar-refractivity contribution in [3.05, 3.63) is 107 Å². The van der Waals surface area contributed by atoms with E-state index in [0.29, 0.717) is 24.1 Å². The highest BCUT2D eigenvalue weighted by Gasteiger charge is 2.29. The van der Waals surface area contributed by atoms with Gasteiger partial charge in [-0.2, -0.15) is 5.10 Å². The van der Waals surface area contributed by atoms with Crippen LogP contribution in [0.5, 0.6) is 0 Å². The maximum Gasteiger partial charge on any atom is 0.421 e. The summed E-state index contributed by atoms with van der Waals surface area (Å²) in [5.74, 6) is -2.06. The molecule has 4 N–H and O–H groups in total. The second-order valence-electron chi connectivity index (χ2n) is 10.5. The number of rotatable bonds is 14.